The molecule has 3 aliphatic rings. The molecule has 3 saturated heterocycles. The summed E-state index contributed by atoms with van der Waals surface area (Å²) in [6.45, 7) is 5.18. The molecule has 262 valence electrons. The van der Waals surface area contributed by atoms with Crippen LogP contribution >= 0.6 is 0 Å². The summed E-state index contributed by atoms with van der Waals surface area (Å²) < 4.78 is 52.3. The lowest BCUT2D eigenvalue weighted by atomic mass is 9.89. The van der Waals surface area contributed by atoms with Crippen LogP contribution in [0.5, 0.6) is 0 Å². The molecule has 3 aliphatic heterocycles. The van der Waals surface area contributed by atoms with Crippen molar-refractivity contribution in [3.05, 3.63) is 95.1 Å². The highest BCUT2D eigenvalue weighted by Gasteiger charge is 2.47. The quantitative estimate of drug-likeness (QED) is 0.276. The van der Waals surface area contributed by atoms with Gasteiger partial charge in [-0.25, -0.2) is 0 Å². The van der Waals surface area contributed by atoms with Crippen molar-refractivity contribution in [2.45, 2.75) is 82.9 Å². The number of ether oxygens (including phenoxy) is 2. The van der Waals surface area contributed by atoms with Crippen molar-refractivity contribution >= 4 is 11.8 Å². The zero-order chi connectivity index (χ0) is 34.5. The molecule has 2 N–H and O–H groups in total. The van der Waals surface area contributed by atoms with Crippen molar-refractivity contribution in [3.8, 4) is 11.1 Å². The average Bonchev–Trinajstić information content (AvgIpc) is 3.62. The minimum Gasteiger partial charge on any atom is -0.392 e. The van der Waals surface area contributed by atoms with Gasteiger partial charge in [0.15, 0.2) is 6.29 Å². The van der Waals surface area contributed by atoms with Crippen molar-refractivity contribution in [2.24, 2.45) is 5.92 Å². The highest BCUT2D eigenvalue weighted by Crippen LogP contribution is 2.42. The normalized spacial score (nSPS) is 24.9. The van der Waals surface area contributed by atoms with E-state index in [9.17, 15) is 27.9 Å². The summed E-state index contributed by atoms with van der Waals surface area (Å²) in [6.07, 6.45) is -1.59. The molecule has 0 radical (unpaired) electrons. The number of hydrogen-bond acceptors (Lipinski definition) is 6. The van der Waals surface area contributed by atoms with Crippen molar-refractivity contribution in [1.29, 1.82) is 0 Å². The van der Waals surface area contributed by atoms with E-state index in [4.69, 9.17) is 9.47 Å². The number of carbonyl (C=O) groups excluding carboxylic acids is 2. The first kappa shape index (κ1) is 35.1. The molecule has 3 heterocycles. The number of benzene rings is 3. The number of aliphatic hydroxyl groups excluding tert-OH is 1. The third kappa shape index (κ3) is 8.34. The van der Waals surface area contributed by atoms with Crippen LogP contribution in [0.4, 0.5) is 13.2 Å². The van der Waals surface area contributed by atoms with E-state index < -0.39 is 30.3 Å². The van der Waals surface area contributed by atoms with Gasteiger partial charge in [-0.15, -0.1) is 0 Å². The molecule has 11 heteroatoms. The minimum atomic E-state index is -5.01. The van der Waals surface area contributed by atoms with Gasteiger partial charge in [-0.05, 0) is 72.7 Å². The Morgan fingerprint density at radius 1 is 0.857 bits per heavy atom. The fourth-order valence-electron chi connectivity index (χ4n) is 7.17. The number of piperidine rings is 1. The van der Waals surface area contributed by atoms with E-state index in [1.54, 1.807) is 0 Å². The van der Waals surface area contributed by atoms with Gasteiger partial charge in [0, 0.05) is 31.1 Å². The molecule has 6 rings (SSSR count). The predicted octanol–water partition coefficient (Wildman–Crippen LogP) is 6.29. The molecule has 0 saturated carbocycles. The third-order valence-corrected chi connectivity index (χ3v) is 9.98. The zero-order valence-corrected chi connectivity index (χ0v) is 27.7. The average molecular weight is 680 g/mol. The lowest BCUT2D eigenvalue weighted by Crippen LogP contribution is -2.50. The first-order chi connectivity index (χ1) is 23.6. The fraction of sp³-hybridized carbons (Fsp3) is 0.474. The van der Waals surface area contributed by atoms with E-state index >= 15 is 0 Å². The number of halogens is 3. The Hall–Kier alpha value is -3.77. The predicted molar refractivity (Wildman–Crippen MR) is 178 cm³/mol. The Balaban J connectivity index is 1.14. The van der Waals surface area contributed by atoms with Crippen LogP contribution < -0.4 is 5.32 Å². The third-order valence-electron chi connectivity index (χ3n) is 9.98. The van der Waals surface area contributed by atoms with Gasteiger partial charge in [-0.2, -0.15) is 13.2 Å². The van der Waals surface area contributed by atoms with Crippen LogP contribution in [0.3, 0.4) is 0 Å². The number of aliphatic hydroxyl groups is 1. The van der Waals surface area contributed by atoms with Crippen LogP contribution in [0.25, 0.3) is 11.1 Å². The second-order valence-corrected chi connectivity index (χ2v) is 13.4. The number of rotatable bonds is 9. The van der Waals surface area contributed by atoms with E-state index in [2.05, 4.69) is 17.1 Å². The van der Waals surface area contributed by atoms with Crippen molar-refractivity contribution in [2.75, 3.05) is 26.2 Å². The molecule has 3 fully saturated rings. The number of likely N-dealkylation sites (tertiary alicyclic amines) is 2. The maximum Gasteiger partial charge on any atom is 0.471 e. The standard InChI is InChI=1S/C38H44F3N3O5/c1-25-33(23-43-18-3-2-4-19-43)48-36(49-34(25)29-12-10-26(24-45)11-13-29)30-16-14-28(15-17-30)31-8-5-7-27(21-31)22-42-35(46)32-9-6-20-44(32)37(47)38(39,40)41/h5,7-8,10-17,21,25,32-34,36,45H,2-4,6,9,18-20,22-24H2,1H3,(H,42,46)/t25-,32+,33+,34+,36+/m1/s1. The minimum absolute atomic E-state index is 0.0126. The Labute approximate surface area is 285 Å². The van der Waals surface area contributed by atoms with Crippen molar-refractivity contribution in [3.63, 3.8) is 0 Å². The van der Waals surface area contributed by atoms with Crippen LogP contribution in [-0.4, -0.2) is 71.2 Å². The van der Waals surface area contributed by atoms with Gasteiger partial charge in [0.05, 0.1) is 18.8 Å². The maximum absolute atomic E-state index is 13.0. The monoisotopic (exact) mass is 679 g/mol. The Kier molecular flexibility index (Phi) is 11.0. The second-order valence-electron chi connectivity index (χ2n) is 13.4. The summed E-state index contributed by atoms with van der Waals surface area (Å²) in [7, 11) is 0. The van der Waals surface area contributed by atoms with Gasteiger partial charge in [-0.1, -0.05) is 80.1 Å². The summed E-state index contributed by atoms with van der Waals surface area (Å²) in [6, 6.07) is 22.4. The van der Waals surface area contributed by atoms with Crippen molar-refractivity contribution < 1.29 is 37.3 Å². The Morgan fingerprint density at radius 3 is 2.27 bits per heavy atom. The largest absolute Gasteiger partial charge is 0.471 e. The number of carbonyl (C=O) groups is 2. The van der Waals surface area contributed by atoms with Crippen LogP contribution in [0, 0.1) is 5.92 Å². The van der Waals surface area contributed by atoms with Gasteiger partial charge < -0.3 is 29.7 Å². The van der Waals surface area contributed by atoms with Crippen molar-refractivity contribution in [1.82, 2.24) is 15.1 Å². The van der Waals surface area contributed by atoms with E-state index in [1.807, 2.05) is 72.8 Å². The molecule has 3 aromatic carbocycles. The molecule has 0 aliphatic carbocycles. The number of nitrogens with zero attached hydrogens (tertiary/aromatic N) is 2. The number of hydrogen-bond donors (Lipinski definition) is 2. The second kappa shape index (κ2) is 15.4. The van der Waals surface area contributed by atoms with E-state index in [0.717, 1.165) is 53.0 Å². The summed E-state index contributed by atoms with van der Waals surface area (Å²) in [5, 5.41) is 12.3. The molecule has 8 nitrogen and oxygen atoms in total. The topological polar surface area (TPSA) is 91.3 Å². The molecule has 3 aromatic rings. The van der Waals surface area contributed by atoms with Gasteiger partial charge in [0.1, 0.15) is 6.04 Å². The van der Waals surface area contributed by atoms with Crippen LogP contribution in [0.15, 0.2) is 72.8 Å². The lowest BCUT2D eigenvalue weighted by molar-refractivity contribution is -0.276. The summed E-state index contributed by atoms with van der Waals surface area (Å²) in [5.41, 5.74) is 5.44. The van der Waals surface area contributed by atoms with Crippen LogP contribution in [0.2, 0.25) is 0 Å². The fourth-order valence-corrected chi connectivity index (χ4v) is 7.17. The maximum atomic E-state index is 13.0. The molecular formula is C38H44F3N3O5. The van der Waals surface area contributed by atoms with E-state index in [-0.39, 0.29) is 44.2 Å². The van der Waals surface area contributed by atoms with Gasteiger partial charge >= 0.3 is 12.1 Å². The SMILES string of the molecule is C[C@@H]1[C@H](CN2CCCCC2)O[C@H](c2ccc(-c3cccc(CNC(=O)[C@@H]4CCCN4C(=O)C(F)(F)F)c3)cc2)O[C@@H]1c1ccc(CO)cc1. The number of nitrogens with one attached hydrogen (secondary N) is 1. The van der Waals surface area contributed by atoms with E-state index in [0.29, 0.717) is 11.3 Å². The number of amides is 2. The molecule has 0 bridgehead atoms. The molecule has 2 amide bonds. The van der Waals surface area contributed by atoms with Crippen LogP contribution in [-0.2, 0) is 32.2 Å². The molecule has 0 unspecified atom stereocenters. The highest BCUT2D eigenvalue weighted by atomic mass is 19.4. The molecule has 0 aromatic heterocycles. The Morgan fingerprint density at radius 2 is 1.57 bits per heavy atom. The molecule has 0 spiro atoms. The van der Waals surface area contributed by atoms with Gasteiger partial charge in [0.25, 0.3) is 0 Å². The lowest BCUT2D eigenvalue weighted by Gasteiger charge is -2.43. The summed E-state index contributed by atoms with van der Waals surface area (Å²) >= 11 is 0. The molecule has 5 atom stereocenters. The van der Waals surface area contributed by atoms with Crippen LogP contribution in [0.1, 0.15) is 73.7 Å². The summed E-state index contributed by atoms with van der Waals surface area (Å²) in [4.78, 5) is 27.7. The first-order valence-electron chi connectivity index (χ1n) is 17.2. The zero-order valence-electron chi connectivity index (χ0n) is 27.7. The highest BCUT2D eigenvalue weighted by molar-refractivity contribution is 5.90. The molecular weight excluding hydrogens is 635 g/mol. The van der Waals surface area contributed by atoms with E-state index in [1.165, 1.54) is 19.3 Å². The first-order valence-corrected chi connectivity index (χ1v) is 17.2. The summed E-state index contributed by atoms with van der Waals surface area (Å²) in [5.74, 6) is -2.45. The smallest absolute Gasteiger partial charge is 0.392 e. The number of alkyl halides is 3. The van der Waals surface area contributed by atoms with Gasteiger partial charge in [-0.3, -0.25) is 9.59 Å². The van der Waals surface area contributed by atoms with Gasteiger partial charge in [0.2, 0.25) is 5.91 Å². The Bertz CT molecular complexity index is 1580. The molecule has 49 heavy (non-hydrogen) atoms.